The van der Waals surface area contributed by atoms with Gasteiger partial charge in [-0.15, -0.1) is 0 Å². The Bertz CT molecular complexity index is 295. The van der Waals surface area contributed by atoms with Crippen molar-refractivity contribution in [3.63, 3.8) is 0 Å². The maximum absolute atomic E-state index is 11.2. The van der Waals surface area contributed by atoms with Gasteiger partial charge in [0.15, 0.2) is 0 Å². The van der Waals surface area contributed by atoms with Crippen LogP contribution in [0.2, 0.25) is 0 Å². The summed E-state index contributed by atoms with van der Waals surface area (Å²) in [6.45, 7) is 4.57. The van der Waals surface area contributed by atoms with Crippen molar-refractivity contribution in [2.24, 2.45) is 5.41 Å². The molecule has 0 aromatic heterocycles. The monoisotopic (exact) mass is 244 g/mol. The minimum absolute atomic E-state index is 0.232. The third-order valence-corrected chi connectivity index (χ3v) is 2.06. The van der Waals surface area contributed by atoms with Crippen molar-refractivity contribution >= 4 is 26.0 Å². The molecule has 0 rings (SSSR count). The van der Waals surface area contributed by atoms with Crippen LogP contribution in [0.3, 0.4) is 0 Å². The van der Waals surface area contributed by atoms with Crippen LogP contribution >= 0.6 is 10.7 Å². The summed E-state index contributed by atoms with van der Waals surface area (Å²) >= 11 is 0. The molecule has 0 atom stereocenters. The molecule has 0 spiro atoms. The van der Waals surface area contributed by atoms with Crippen LogP contribution in [-0.4, -0.2) is 27.6 Å². The van der Waals surface area contributed by atoms with Gasteiger partial charge >= 0.3 is 15.3 Å². The zero-order valence-electron chi connectivity index (χ0n) is 8.24. The van der Waals surface area contributed by atoms with E-state index in [2.05, 4.69) is 4.18 Å². The maximum atomic E-state index is 11.2. The Morgan fingerprint density at radius 1 is 1.43 bits per heavy atom. The van der Waals surface area contributed by atoms with Crippen LogP contribution in [0, 0.1) is 5.41 Å². The first kappa shape index (κ1) is 13.7. The number of carbonyl (C=O) groups excluding carboxylic acids is 1. The topological polar surface area (TPSA) is 69.7 Å². The largest absolute Gasteiger partial charge is 0.466 e. The van der Waals surface area contributed by atoms with Crippen LogP contribution in [0.5, 0.6) is 0 Å². The van der Waals surface area contributed by atoms with Crippen molar-refractivity contribution in [1.29, 1.82) is 0 Å². The molecule has 0 amide bonds. The molecule has 7 heteroatoms. The lowest BCUT2D eigenvalue weighted by molar-refractivity contribution is -0.154. The fourth-order valence-corrected chi connectivity index (χ4v) is 1.17. The quantitative estimate of drug-likeness (QED) is 0.535. The molecule has 0 saturated carbocycles. The Hall–Kier alpha value is -0.330. The van der Waals surface area contributed by atoms with E-state index in [1.165, 1.54) is 13.8 Å². The van der Waals surface area contributed by atoms with E-state index in [1.807, 2.05) is 0 Å². The highest BCUT2D eigenvalue weighted by Crippen LogP contribution is 2.19. The van der Waals surface area contributed by atoms with Gasteiger partial charge in [0.1, 0.15) is 0 Å². The second kappa shape index (κ2) is 4.95. The van der Waals surface area contributed by atoms with Gasteiger partial charge in [-0.25, -0.2) is 0 Å². The predicted octanol–water partition coefficient (Wildman–Crippen LogP) is 1.08. The number of hydrogen-bond donors (Lipinski definition) is 0. The van der Waals surface area contributed by atoms with Crippen molar-refractivity contribution < 1.29 is 22.1 Å². The summed E-state index contributed by atoms with van der Waals surface area (Å²) in [6.07, 6.45) is 0. The number of esters is 1. The number of hydrogen-bond acceptors (Lipinski definition) is 5. The summed E-state index contributed by atoms with van der Waals surface area (Å²) < 4.78 is 29.9. The lowest BCUT2D eigenvalue weighted by Crippen LogP contribution is -2.32. The summed E-state index contributed by atoms with van der Waals surface area (Å²) in [5, 5.41) is 0. The number of carbonyl (C=O) groups is 1. The van der Waals surface area contributed by atoms with Gasteiger partial charge in [-0.3, -0.25) is 8.98 Å². The second-order valence-corrected chi connectivity index (χ2v) is 5.42. The standard InChI is InChI=1S/C7H13ClO5S/c1-4-12-6(9)7(2,3)5-13-14(8,10)11/h4-5H2,1-3H3. The normalized spacial score (nSPS) is 12.6. The Balaban J connectivity index is 4.27. The fourth-order valence-electron chi connectivity index (χ4n) is 0.603. The highest BCUT2D eigenvalue weighted by molar-refractivity contribution is 8.09. The third kappa shape index (κ3) is 5.41. The summed E-state index contributed by atoms with van der Waals surface area (Å²) in [6, 6.07) is 0. The molecule has 0 bridgehead atoms. The molecule has 0 aliphatic heterocycles. The summed E-state index contributed by atoms with van der Waals surface area (Å²) in [5.74, 6) is -0.527. The Kier molecular flexibility index (Phi) is 4.83. The average molecular weight is 245 g/mol. The van der Waals surface area contributed by atoms with E-state index in [4.69, 9.17) is 15.4 Å². The SMILES string of the molecule is CCOC(=O)C(C)(C)COS(=O)(=O)Cl. The first-order valence-electron chi connectivity index (χ1n) is 3.95. The van der Waals surface area contributed by atoms with E-state index >= 15 is 0 Å². The third-order valence-electron chi connectivity index (χ3n) is 1.39. The molecule has 14 heavy (non-hydrogen) atoms. The molecule has 0 saturated heterocycles. The van der Waals surface area contributed by atoms with Gasteiger partial charge in [-0.1, -0.05) is 0 Å². The summed E-state index contributed by atoms with van der Waals surface area (Å²) in [5.41, 5.74) is -1.03. The molecule has 0 aromatic rings. The van der Waals surface area contributed by atoms with E-state index in [0.29, 0.717) is 0 Å². The molecule has 0 heterocycles. The van der Waals surface area contributed by atoms with Crippen LogP contribution in [0.15, 0.2) is 0 Å². The summed E-state index contributed by atoms with van der Waals surface area (Å²) in [7, 11) is 0.778. The molecule has 0 aliphatic carbocycles. The summed E-state index contributed by atoms with van der Waals surface area (Å²) in [4.78, 5) is 11.2. The lowest BCUT2D eigenvalue weighted by Gasteiger charge is -2.20. The van der Waals surface area contributed by atoms with Crippen molar-refractivity contribution in [1.82, 2.24) is 0 Å². The smallest absolute Gasteiger partial charge is 0.355 e. The number of halogens is 1. The molecule has 0 aromatic carbocycles. The average Bonchev–Trinajstić information content (AvgIpc) is 2.00. The fraction of sp³-hybridized carbons (Fsp3) is 0.857. The van der Waals surface area contributed by atoms with Crippen LogP contribution in [-0.2, 0) is 23.0 Å². The van der Waals surface area contributed by atoms with Gasteiger partial charge in [-0.2, -0.15) is 8.42 Å². The van der Waals surface area contributed by atoms with E-state index < -0.39 is 20.7 Å². The van der Waals surface area contributed by atoms with Crippen molar-refractivity contribution in [2.45, 2.75) is 20.8 Å². The van der Waals surface area contributed by atoms with Crippen LogP contribution in [0.4, 0.5) is 0 Å². The lowest BCUT2D eigenvalue weighted by atomic mass is 9.95. The van der Waals surface area contributed by atoms with E-state index in [-0.39, 0.29) is 13.2 Å². The van der Waals surface area contributed by atoms with E-state index in [1.54, 1.807) is 6.92 Å². The Morgan fingerprint density at radius 3 is 2.29 bits per heavy atom. The van der Waals surface area contributed by atoms with Gasteiger partial charge in [0.2, 0.25) is 0 Å². The molecular formula is C7H13ClO5S. The maximum Gasteiger partial charge on any atom is 0.355 e. The molecule has 0 unspecified atom stereocenters. The van der Waals surface area contributed by atoms with Crippen molar-refractivity contribution in [3.05, 3.63) is 0 Å². The molecule has 0 radical (unpaired) electrons. The van der Waals surface area contributed by atoms with Gasteiger partial charge in [0.25, 0.3) is 0 Å². The Labute approximate surface area is 88.0 Å². The minimum atomic E-state index is -4.04. The van der Waals surface area contributed by atoms with E-state index in [9.17, 15) is 13.2 Å². The zero-order valence-corrected chi connectivity index (χ0v) is 9.81. The van der Waals surface area contributed by atoms with Gasteiger partial charge in [0, 0.05) is 10.7 Å². The number of ether oxygens (including phenoxy) is 1. The molecular weight excluding hydrogens is 232 g/mol. The van der Waals surface area contributed by atoms with Crippen molar-refractivity contribution in [2.75, 3.05) is 13.2 Å². The molecule has 84 valence electrons. The first-order valence-corrected chi connectivity index (χ1v) is 6.18. The minimum Gasteiger partial charge on any atom is -0.466 e. The zero-order chi connectivity index (χ0) is 11.4. The van der Waals surface area contributed by atoms with E-state index in [0.717, 1.165) is 0 Å². The first-order chi connectivity index (χ1) is 6.19. The second-order valence-electron chi connectivity index (χ2n) is 3.26. The Morgan fingerprint density at radius 2 is 1.93 bits per heavy atom. The highest BCUT2D eigenvalue weighted by Gasteiger charge is 2.31. The van der Waals surface area contributed by atoms with Gasteiger partial charge in [-0.05, 0) is 20.8 Å². The molecule has 0 N–H and O–H groups in total. The van der Waals surface area contributed by atoms with Crippen LogP contribution in [0.25, 0.3) is 0 Å². The molecule has 0 fully saturated rings. The number of rotatable bonds is 5. The van der Waals surface area contributed by atoms with Crippen LogP contribution in [0.1, 0.15) is 20.8 Å². The van der Waals surface area contributed by atoms with Crippen LogP contribution < -0.4 is 0 Å². The van der Waals surface area contributed by atoms with Gasteiger partial charge < -0.3 is 4.74 Å². The molecule has 0 aliphatic rings. The highest BCUT2D eigenvalue weighted by atomic mass is 35.7. The predicted molar refractivity (Wildman–Crippen MR) is 51.1 cm³/mol. The van der Waals surface area contributed by atoms with Gasteiger partial charge in [0.05, 0.1) is 18.6 Å². The molecule has 5 nitrogen and oxygen atoms in total. The van der Waals surface area contributed by atoms with Crippen molar-refractivity contribution in [3.8, 4) is 0 Å².